The van der Waals surface area contributed by atoms with E-state index in [0.717, 1.165) is 76.0 Å². The highest BCUT2D eigenvalue weighted by Gasteiger charge is 2.44. The van der Waals surface area contributed by atoms with Gasteiger partial charge in [-0.2, -0.15) is 5.26 Å². The number of hydrogen-bond acceptors (Lipinski definition) is 5. The summed E-state index contributed by atoms with van der Waals surface area (Å²) in [6.45, 7) is 6.63. The second kappa shape index (κ2) is 12.7. The molecule has 2 bridgehead atoms. The Kier molecular flexibility index (Phi) is 8.48. The largest absolute Gasteiger partial charge is 0.341 e. The van der Waals surface area contributed by atoms with Crippen molar-refractivity contribution in [3.05, 3.63) is 66.0 Å². The van der Waals surface area contributed by atoms with Crippen molar-refractivity contribution in [1.29, 1.82) is 5.26 Å². The number of carbonyl (C=O) groups is 1. The van der Waals surface area contributed by atoms with Crippen molar-refractivity contribution >= 4 is 16.9 Å². The molecule has 4 aliphatic heterocycles. The number of aryl methyl sites for hydroxylation is 1. The monoisotopic (exact) mass is 592 g/mol. The molecule has 4 aliphatic rings. The Morgan fingerprint density at radius 3 is 2.39 bits per heavy atom. The maximum atomic E-state index is 13.8. The predicted molar refractivity (Wildman–Crippen MR) is 174 cm³/mol. The molecule has 2 unspecified atom stereocenters. The quantitative estimate of drug-likeness (QED) is 0.310. The number of rotatable bonds is 8. The lowest BCUT2D eigenvalue weighted by Gasteiger charge is -2.47. The van der Waals surface area contributed by atoms with Crippen LogP contribution in [0.2, 0.25) is 0 Å². The summed E-state index contributed by atoms with van der Waals surface area (Å²) in [5.74, 6) is 1.45. The van der Waals surface area contributed by atoms with Gasteiger partial charge in [0.05, 0.1) is 23.1 Å². The van der Waals surface area contributed by atoms with Crippen molar-refractivity contribution in [2.24, 2.45) is 0 Å². The Morgan fingerprint density at radius 1 is 0.909 bits per heavy atom. The number of nitriles is 1. The molecule has 7 rings (SSSR count). The van der Waals surface area contributed by atoms with Crippen LogP contribution >= 0.6 is 0 Å². The van der Waals surface area contributed by atoms with Crippen molar-refractivity contribution in [3.8, 4) is 6.07 Å². The molecule has 3 aromatic rings. The van der Waals surface area contributed by atoms with Crippen LogP contribution in [0.1, 0.15) is 88.1 Å². The second-order valence-corrected chi connectivity index (χ2v) is 13.9. The molecule has 7 heteroatoms. The third-order valence-corrected chi connectivity index (χ3v) is 11.7. The fraction of sp³-hybridized carbons (Fsp3) is 0.595. The van der Waals surface area contributed by atoms with Gasteiger partial charge >= 0.3 is 0 Å². The van der Waals surface area contributed by atoms with Crippen LogP contribution in [0.4, 0.5) is 0 Å². The van der Waals surface area contributed by atoms with E-state index >= 15 is 0 Å². The van der Waals surface area contributed by atoms with E-state index < -0.39 is 0 Å². The van der Waals surface area contributed by atoms with Gasteiger partial charge in [-0.1, -0.05) is 48.9 Å². The molecule has 1 amide bonds. The first kappa shape index (κ1) is 29.5. The average Bonchev–Trinajstić information content (AvgIpc) is 3.53. The van der Waals surface area contributed by atoms with Gasteiger partial charge in [0.25, 0.3) is 0 Å². The minimum absolute atomic E-state index is 0.0468. The summed E-state index contributed by atoms with van der Waals surface area (Å²) < 4.78 is 2.53. The lowest BCUT2D eigenvalue weighted by Crippen LogP contribution is -2.55. The van der Waals surface area contributed by atoms with Gasteiger partial charge in [0.2, 0.25) is 5.91 Å². The molecular formula is C37H48N6O. The SMILES string of the molecule is Cc1nc2ccccc2n1C1C[C@H]2CC[C@@H](C1)N2CCC1(c2ccccc2)CCN(C(=O)C2CCCCN2CCC#N)CC1. The molecule has 5 heterocycles. The van der Waals surface area contributed by atoms with Crippen LogP contribution in [-0.2, 0) is 10.2 Å². The number of benzene rings is 2. The lowest BCUT2D eigenvalue weighted by atomic mass is 9.70. The zero-order chi connectivity index (χ0) is 30.1. The minimum atomic E-state index is -0.0468. The number of piperidine rings is 3. The van der Waals surface area contributed by atoms with Gasteiger partial charge in [0, 0.05) is 44.2 Å². The molecule has 0 spiro atoms. The second-order valence-electron chi connectivity index (χ2n) is 13.9. The van der Waals surface area contributed by atoms with Gasteiger partial charge < -0.3 is 9.47 Å². The van der Waals surface area contributed by atoms with Crippen molar-refractivity contribution in [2.75, 3.05) is 32.7 Å². The molecule has 4 fully saturated rings. The van der Waals surface area contributed by atoms with Gasteiger partial charge in [-0.15, -0.1) is 0 Å². The molecule has 44 heavy (non-hydrogen) atoms. The normalized spacial score (nSPS) is 27.4. The fourth-order valence-electron chi connectivity index (χ4n) is 9.36. The highest BCUT2D eigenvalue weighted by molar-refractivity contribution is 5.82. The summed E-state index contributed by atoms with van der Waals surface area (Å²) in [7, 11) is 0. The van der Waals surface area contributed by atoms with Gasteiger partial charge in [0.15, 0.2) is 0 Å². The number of para-hydroxylation sites is 2. The van der Waals surface area contributed by atoms with Gasteiger partial charge in [0.1, 0.15) is 5.82 Å². The number of likely N-dealkylation sites (tertiary alicyclic amines) is 2. The van der Waals surface area contributed by atoms with E-state index in [9.17, 15) is 4.79 Å². The summed E-state index contributed by atoms with van der Waals surface area (Å²) in [4.78, 5) is 26.0. The standard InChI is InChI=1S/C37H48N6O/c1-28-39-33-12-5-6-13-34(33)43(28)32-26-30-15-16-31(27-32)42(30)25-19-37(29-10-3-2-4-11-29)17-23-41(24-18-37)36(44)35-14-7-8-21-40(35)22-9-20-38/h2-6,10-13,30-32,35H,7-9,14-19,21-27H2,1H3/t30-,31+,32?,35?. The fourth-order valence-corrected chi connectivity index (χ4v) is 9.36. The molecule has 1 aromatic heterocycles. The third kappa shape index (κ3) is 5.56. The summed E-state index contributed by atoms with van der Waals surface area (Å²) in [5, 5.41) is 9.14. The lowest BCUT2D eigenvalue weighted by molar-refractivity contribution is -0.140. The Balaban J connectivity index is 1.03. The van der Waals surface area contributed by atoms with Crippen LogP contribution in [0.3, 0.4) is 0 Å². The van der Waals surface area contributed by atoms with Crippen LogP contribution in [0.5, 0.6) is 0 Å². The smallest absolute Gasteiger partial charge is 0.239 e. The minimum Gasteiger partial charge on any atom is -0.341 e. The molecule has 232 valence electrons. The Bertz CT molecular complexity index is 1470. The molecule has 4 saturated heterocycles. The van der Waals surface area contributed by atoms with E-state index in [1.54, 1.807) is 0 Å². The first-order chi connectivity index (χ1) is 21.6. The number of amides is 1. The Morgan fingerprint density at radius 2 is 1.64 bits per heavy atom. The molecule has 4 atom stereocenters. The van der Waals surface area contributed by atoms with Gasteiger partial charge in [-0.25, -0.2) is 4.98 Å². The first-order valence-corrected chi connectivity index (χ1v) is 17.2. The average molecular weight is 593 g/mol. The third-order valence-electron chi connectivity index (χ3n) is 11.7. The van der Waals surface area contributed by atoms with E-state index in [-0.39, 0.29) is 11.5 Å². The molecule has 0 radical (unpaired) electrons. The highest BCUT2D eigenvalue weighted by atomic mass is 16.2. The Labute approximate surface area is 262 Å². The molecule has 2 aromatic carbocycles. The van der Waals surface area contributed by atoms with Crippen LogP contribution in [0.25, 0.3) is 11.0 Å². The predicted octanol–water partition coefficient (Wildman–Crippen LogP) is 6.23. The molecule has 7 nitrogen and oxygen atoms in total. The topological polar surface area (TPSA) is 68.4 Å². The van der Waals surface area contributed by atoms with Gasteiger partial charge in [-0.05, 0) is 101 Å². The molecule has 0 saturated carbocycles. The van der Waals surface area contributed by atoms with Crippen molar-refractivity contribution in [3.63, 3.8) is 0 Å². The number of carbonyl (C=O) groups excluding carboxylic acids is 1. The molecular weight excluding hydrogens is 544 g/mol. The summed E-state index contributed by atoms with van der Waals surface area (Å²) in [5.41, 5.74) is 3.96. The number of nitrogens with zero attached hydrogens (tertiary/aromatic N) is 6. The van der Waals surface area contributed by atoms with Crippen LogP contribution in [0.15, 0.2) is 54.6 Å². The summed E-state index contributed by atoms with van der Waals surface area (Å²) in [6, 6.07) is 23.8. The van der Waals surface area contributed by atoms with Crippen molar-refractivity contribution in [2.45, 2.75) is 107 Å². The van der Waals surface area contributed by atoms with Gasteiger partial charge in [-0.3, -0.25) is 14.6 Å². The number of imidazole rings is 1. The number of hydrogen-bond donors (Lipinski definition) is 0. The first-order valence-electron chi connectivity index (χ1n) is 17.2. The van der Waals surface area contributed by atoms with Crippen molar-refractivity contribution < 1.29 is 4.79 Å². The summed E-state index contributed by atoms with van der Waals surface area (Å²) >= 11 is 0. The maximum absolute atomic E-state index is 13.8. The van der Waals surface area contributed by atoms with E-state index in [4.69, 9.17) is 10.2 Å². The van der Waals surface area contributed by atoms with E-state index in [0.29, 0.717) is 37.0 Å². The van der Waals surface area contributed by atoms with Crippen molar-refractivity contribution in [1.82, 2.24) is 24.3 Å². The maximum Gasteiger partial charge on any atom is 0.239 e. The highest BCUT2D eigenvalue weighted by Crippen LogP contribution is 2.45. The van der Waals surface area contributed by atoms with Crippen LogP contribution < -0.4 is 0 Å². The van der Waals surface area contributed by atoms with Crippen LogP contribution in [0, 0.1) is 18.3 Å². The van der Waals surface area contributed by atoms with E-state index in [1.165, 1.54) is 36.8 Å². The Hall–Kier alpha value is -3.21. The van der Waals surface area contributed by atoms with E-state index in [2.05, 4.69) is 86.9 Å². The van der Waals surface area contributed by atoms with E-state index in [1.807, 2.05) is 0 Å². The molecule has 0 N–H and O–H groups in total. The van der Waals surface area contributed by atoms with Crippen LogP contribution in [-0.4, -0.2) is 81.0 Å². The zero-order valence-electron chi connectivity index (χ0n) is 26.4. The number of aromatic nitrogens is 2. The zero-order valence-corrected chi connectivity index (χ0v) is 26.4. The number of fused-ring (bicyclic) bond motifs is 3. The molecule has 0 aliphatic carbocycles. The summed E-state index contributed by atoms with van der Waals surface area (Å²) in [6.07, 6.45) is 11.9.